The zero-order chi connectivity index (χ0) is 21.2. The molecule has 1 heterocycles. The fraction of sp³-hybridized carbons (Fsp3) is 0.720. The van der Waals surface area contributed by atoms with E-state index in [1.54, 1.807) is 0 Å². The number of nitrogens with zero attached hydrogens (tertiary/aromatic N) is 2. The van der Waals surface area contributed by atoms with Crippen LogP contribution in [-0.2, 0) is 4.79 Å². The topological polar surface area (TPSA) is 49.6 Å². The van der Waals surface area contributed by atoms with Gasteiger partial charge in [0.05, 0.1) is 5.54 Å². The first-order valence-electron chi connectivity index (χ1n) is 11.6. The molecule has 1 amide bonds. The molecule has 0 spiro atoms. The average Bonchev–Trinajstić information content (AvgIpc) is 2.72. The minimum absolute atomic E-state index is 0.204. The summed E-state index contributed by atoms with van der Waals surface area (Å²) in [6, 6.07) is 9.02. The largest absolute Gasteiger partial charge is 0.369 e. The first kappa shape index (κ1) is 22.1. The molecule has 1 aliphatic carbocycles. The van der Waals surface area contributed by atoms with Crippen LogP contribution in [0.4, 0.5) is 5.69 Å². The highest BCUT2D eigenvalue weighted by atomic mass is 16.1. The smallest absolute Gasteiger partial charge is 0.237 e. The highest BCUT2D eigenvalue weighted by molar-refractivity contribution is 5.84. The second kappa shape index (κ2) is 8.67. The van der Waals surface area contributed by atoms with E-state index >= 15 is 0 Å². The summed E-state index contributed by atoms with van der Waals surface area (Å²) in [5.41, 5.74) is 8.56. The number of hydrogen-bond acceptors (Lipinski definition) is 3. The van der Waals surface area contributed by atoms with Gasteiger partial charge >= 0.3 is 0 Å². The molecule has 0 aromatic heterocycles. The first-order valence-corrected chi connectivity index (χ1v) is 11.6. The molecule has 1 aromatic rings. The van der Waals surface area contributed by atoms with Crippen LogP contribution in [0.5, 0.6) is 0 Å². The van der Waals surface area contributed by atoms with E-state index in [4.69, 9.17) is 5.73 Å². The van der Waals surface area contributed by atoms with Crippen molar-refractivity contribution in [2.45, 2.75) is 78.2 Å². The molecule has 162 valence electrons. The number of primary amides is 1. The van der Waals surface area contributed by atoms with Crippen LogP contribution < -0.4 is 10.6 Å². The van der Waals surface area contributed by atoms with Crippen molar-refractivity contribution in [3.05, 3.63) is 29.8 Å². The van der Waals surface area contributed by atoms with Gasteiger partial charge in [0.1, 0.15) is 0 Å². The Balaban J connectivity index is 1.69. The second-order valence-corrected chi connectivity index (χ2v) is 10.4. The summed E-state index contributed by atoms with van der Waals surface area (Å²) in [6.45, 7) is 14.9. The predicted octanol–water partition coefficient (Wildman–Crippen LogP) is 4.78. The van der Waals surface area contributed by atoms with E-state index in [0.717, 1.165) is 38.5 Å². The minimum Gasteiger partial charge on any atom is -0.369 e. The molecule has 3 rings (SSSR count). The molecule has 4 nitrogen and oxygen atoms in total. The molecule has 2 aliphatic rings. The maximum Gasteiger partial charge on any atom is 0.237 e. The number of piperazine rings is 1. The summed E-state index contributed by atoms with van der Waals surface area (Å²) in [7, 11) is 0. The summed E-state index contributed by atoms with van der Waals surface area (Å²) in [5.74, 6) is 1.31. The van der Waals surface area contributed by atoms with E-state index in [2.05, 4.69) is 61.8 Å². The molecule has 1 saturated heterocycles. The Kier molecular flexibility index (Phi) is 6.62. The fourth-order valence-electron chi connectivity index (χ4n) is 5.39. The molecule has 0 bridgehead atoms. The van der Waals surface area contributed by atoms with Crippen LogP contribution in [0, 0.1) is 11.3 Å². The molecule has 1 atom stereocenters. The third-order valence-electron chi connectivity index (χ3n) is 7.87. The lowest BCUT2D eigenvalue weighted by Gasteiger charge is -2.45. The van der Waals surface area contributed by atoms with Gasteiger partial charge in [-0.1, -0.05) is 45.9 Å². The van der Waals surface area contributed by atoms with Crippen LogP contribution in [-0.4, -0.2) is 42.5 Å². The zero-order valence-corrected chi connectivity index (χ0v) is 19.2. The van der Waals surface area contributed by atoms with E-state index in [1.807, 2.05) is 6.92 Å². The Labute approximate surface area is 177 Å². The van der Waals surface area contributed by atoms with Crippen molar-refractivity contribution in [2.75, 3.05) is 31.1 Å². The maximum atomic E-state index is 12.0. The number of carbonyl (C=O) groups excluding carboxylic acids is 1. The number of rotatable bonds is 5. The third kappa shape index (κ3) is 4.63. The van der Waals surface area contributed by atoms with Gasteiger partial charge in [0, 0.05) is 31.9 Å². The zero-order valence-electron chi connectivity index (χ0n) is 19.2. The van der Waals surface area contributed by atoms with Gasteiger partial charge in [-0.3, -0.25) is 9.69 Å². The molecule has 1 unspecified atom stereocenters. The monoisotopic (exact) mass is 399 g/mol. The summed E-state index contributed by atoms with van der Waals surface area (Å²) in [5, 5.41) is 0. The van der Waals surface area contributed by atoms with Crippen molar-refractivity contribution in [2.24, 2.45) is 17.1 Å². The van der Waals surface area contributed by atoms with E-state index in [9.17, 15) is 4.79 Å². The molecule has 1 aliphatic heterocycles. The first-order chi connectivity index (χ1) is 13.7. The lowest BCUT2D eigenvalue weighted by atomic mass is 9.68. The van der Waals surface area contributed by atoms with Crippen molar-refractivity contribution in [1.29, 1.82) is 0 Å². The SMILES string of the molecule is CCC(C)(C(N)=O)N1CCN(c2ccccc2C2CCC(C(C)(C)C)CC2)CC1. The van der Waals surface area contributed by atoms with Crippen LogP contribution >= 0.6 is 0 Å². The highest BCUT2D eigenvalue weighted by Crippen LogP contribution is 2.45. The van der Waals surface area contributed by atoms with Crippen LogP contribution in [0.3, 0.4) is 0 Å². The number of amides is 1. The number of anilines is 1. The quantitative estimate of drug-likeness (QED) is 0.775. The molecule has 2 N–H and O–H groups in total. The lowest BCUT2D eigenvalue weighted by Crippen LogP contribution is -2.61. The van der Waals surface area contributed by atoms with Gasteiger partial charge < -0.3 is 10.6 Å². The van der Waals surface area contributed by atoms with Crippen molar-refractivity contribution in [3.8, 4) is 0 Å². The normalized spacial score (nSPS) is 26.2. The summed E-state index contributed by atoms with van der Waals surface area (Å²) in [4.78, 5) is 16.8. The van der Waals surface area contributed by atoms with Crippen molar-refractivity contribution in [1.82, 2.24) is 4.90 Å². The van der Waals surface area contributed by atoms with Crippen molar-refractivity contribution in [3.63, 3.8) is 0 Å². The van der Waals surface area contributed by atoms with Gasteiger partial charge in [-0.25, -0.2) is 0 Å². The Morgan fingerprint density at radius 1 is 1.00 bits per heavy atom. The van der Waals surface area contributed by atoms with Crippen LogP contribution in [0.15, 0.2) is 24.3 Å². The van der Waals surface area contributed by atoms with E-state index in [0.29, 0.717) is 11.3 Å². The summed E-state index contributed by atoms with van der Waals surface area (Å²) < 4.78 is 0. The fourth-order valence-corrected chi connectivity index (χ4v) is 5.39. The predicted molar refractivity (Wildman–Crippen MR) is 122 cm³/mol. The molecule has 29 heavy (non-hydrogen) atoms. The van der Waals surface area contributed by atoms with Gasteiger partial charge in [-0.05, 0) is 67.9 Å². The number of para-hydroxylation sites is 1. The molecule has 2 fully saturated rings. The molecule has 1 saturated carbocycles. The third-order valence-corrected chi connectivity index (χ3v) is 7.87. The van der Waals surface area contributed by atoms with Gasteiger partial charge in [-0.2, -0.15) is 0 Å². The number of nitrogens with two attached hydrogens (primary N) is 1. The van der Waals surface area contributed by atoms with Crippen LogP contribution in [0.2, 0.25) is 0 Å². The molecule has 4 heteroatoms. The lowest BCUT2D eigenvalue weighted by molar-refractivity contribution is -0.129. The standard InChI is InChI=1S/C25H41N3O/c1-6-25(5,23(26)29)28-17-15-27(16-18-28)22-10-8-7-9-21(22)19-11-13-20(14-12-19)24(2,3)4/h7-10,19-20H,6,11-18H2,1-5H3,(H2,26,29). The van der Waals surface area contributed by atoms with Crippen LogP contribution in [0.25, 0.3) is 0 Å². The molecular weight excluding hydrogens is 358 g/mol. The summed E-state index contributed by atoms with van der Waals surface area (Å²) in [6.07, 6.45) is 6.03. The Morgan fingerprint density at radius 3 is 2.10 bits per heavy atom. The Bertz CT molecular complexity index is 694. The van der Waals surface area contributed by atoms with Crippen molar-refractivity contribution >= 4 is 11.6 Å². The Morgan fingerprint density at radius 2 is 1.59 bits per heavy atom. The van der Waals surface area contributed by atoms with Crippen molar-refractivity contribution < 1.29 is 4.79 Å². The summed E-state index contributed by atoms with van der Waals surface area (Å²) >= 11 is 0. The molecular formula is C25H41N3O. The second-order valence-electron chi connectivity index (χ2n) is 10.4. The van der Waals surface area contributed by atoms with E-state index in [1.165, 1.54) is 36.9 Å². The number of benzene rings is 1. The average molecular weight is 400 g/mol. The van der Waals surface area contributed by atoms with E-state index < -0.39 is 5.54 Å². The Hall–Kier alpha value is -1.55. The number of carbonyl (C=O) groups is 1. The van der Waals surface area contributed by atoms with Gasteiger partial charge in [-0.15, -0.1) is 0 Å². The minimum atomic E-state index is -0.531. The van der Waals surface area contributed by atoms with Crippen LogP contribution in [0.1, 0.15) is 78.2 Å². The molecule has 1 aromatic carbocycles. The maximum absolute atomic E-state index is 12.0. The van der Waals surface area contributed by atoms with Gasteiger partial charge in [0.25, 0.3) is 0 Å². The van der Waals surface area contributed by atoms with Gasteiger partial charge in [0.15, 0.2) is 0 Å². The van der Waals surface area contributed by atoms with E-state index in [-0.39, 0.29) is 5.91 Å². The number of hydrogen-bond donors (Lipinski definition) is 1. The molecule has 0 radical (unpaired) electrons. The van der Waals surface area contributed by atoms with Gasteiger partial charge in [0.2, 0.25) is 5.91 Å². The highest BCUT2D eigenvalue weighted by Gasteiger charge is 2.38.